The molecule has 4 aliphatic rings. The van der Waals surface area contributed by atoms with Crippen LogP contribution < -0.4 is 19.7 Å². The van der Waals surface area contributed by atoms with Gasteiger partial charge in [-0.2, -0.15) is 0 Å². The maximum atomic E-state index is 14.1. The van der Waals surface area contributed by atoms with E-state index in [1.807, 2.05) is 19.1 Å². The number of hydrogen-bond donors (Lipinski definition) is 4. The van der Waals surface area contributed by atoms with Crippen molar-refractivity contribution in [2.75, 3.05) is 49.5 Å². The van der Waals surface area contributed by atoms with Gasteiger partial charge in [-0.05, 0) is 129 Å². The Morgan fingerprint density at radius 1 is 0.931 bits per heavy atom. The van der Waals surface area contributed by atoms with Crippen LogP contribution in [0.15, 0.2) is 120 Å². The van der Waals surface area contributed by atoms with Gasteiger partial charge in [-0.3, -0.25) is 24.7 Å². The fourth-order valence-corrected chi connectivity index (χ4v) is 12.8. The number of ether oxygens (including phenoxy) is 1. The summed E-state index contributed by atoms with van der Waals surface area (Å²) in [6.07, 6.45) is 10.5. The molecule has 2 aliphatic carbocycles. The molecule has 4 N–H and O–H groups in total. The molecule has 2 saturated carbocycles. The third-order valence-electron chi connectivity index (χ3n) is 16.0. The summed E-state index contributed by atoms with van der Waals surface area (Å²) in [6.45, 7) is 12.5. The molecule has 1 atom stereocenters. The highest BCUT2D eigenvalue weighted by Crippen LogP contribution is 2.53. The van der Waals surface area contributed by atoms with Crippen LogP contribution >= 0.6 is 0 Å². The number of amides is 1. The van der Waals surface area contributed by atoms with Crippen LogP contribution in [-0.2, 0) is 16.6 Å². The summed E-state index contributed by atoms with van der Waals surface area (Å²) in [5, 5.41) is 26.5. The molecule has 2 aliphatic heterocycles. The van der Waals surface area contributed by atoms with Crippen molar-refractivity contribution in [2.24, 2.45) is 11.3 Å². The molecule has 2 saturated heterocycles. The van der Waals surface area contributed by atoms with Crippen molar-refractivity contribution < 1.29 is 28.0 Å². The van der Waals surface area contributed by atoms with E-state index in [1.54, 1.807) is 30.6 Å². The monoisotopic (exact) mass is 994 g/mol. The van der Waals surface area contributed by atoms with Crippen molar-refractivity contribution in [3.8, 4) is 11.5 Å². The molecule has 4 aromatic carbocycles. The van der Waals surface area contributed by atoms with Gasteiger partial charge in [0.1, 0.15) is 22.8 Å². The zero-order valence-electron chi connectivity index (χ0n) is 41.4. The minimum absolute atomic E-state index is 0.0245. The molecule has 1 spiro atoms. The highest BCUT2D eigenvalue weighted by Gasteiger charge is 2.50. The van der Waals surface area contributed by atoms with E-state index in [0.29, 0.717) is 48.8 Å². The van der Waals surface area contributed by atoms with Crippen LogP contribution in [0.2, 0.25) is 0 Å². The molecule has 72 heavy (non-hydrogen) atoms. The number of nitrogens with one attached hydrogen (secondary N) is 3. The number of carbonyl (C=O) groups is 1. The molecule has 4 heterocycles. The Morgan fingerprint density at radius 2 is 1.68 bits per heavy atom. The van der Waals surface area contributed by atoms with Gasteiger partial charge in [0.15, 0.2) is 0 Å². The second-order valence-corrected chi connectivity index (χ2v) is 23.1. The lowest BCUT2D eigenvalue weighted by Gasteiger charge is -2.58. The number of hydrogen-bond acceptors (Lipinski definition) is 12. The summed E-state index contributed by atoms with van der Waals surface area (Å²) >= 11 is 0. The summed E-state index contributed by atoms with van der Waals surface area (Å²) in [5.74, 6) is 0.200. The topological polar surface area (TPSA) is 186 Å². The number of sulfonamides is 1. The number of rotatable bonds is 15. The first-order valence-corrected chi connectivity index (χ1v) is 27.0. The summed E-state index contributed by atoms with van der Waals surface area (Å²) in [6, 6.07) is 33.1. The molecule has 4 fully saturated rings. The third-order valence-corrected chi connectivity index (χ3v) is 17.3. The Balaban J connectivity index is 0.833. The Kier molecular flexibility index (Phi) is 13.9. The lowest BCUT2D eigenvalue weighted by Crippen LogP contribution is -2.60. The molecule has 0 radical (unpaired) electrons. The van der Waals surface area contributed by atoms with E-state index in [2.05, 4.69) is 103 Å². The fraction of sp³-hybridized carbons (Fsp3) is 0.429. The number of H-pyrrole nitrogens is 1. The first-order valence-electron chi connectivity index (χ1n) is 25.5. The predicted molar refractivity (Wildman–Crippen MR) is 280 cm³/mol. The van der Waals surface area contributed by atoms with Crippen molar-refractivity contribution in [1.29, 1.82) is 0 Å². The maximum absolute atomic E-state index is 14.1. The lowest BCUT2D eigenvalue weighted by atomic mass is 9.59. The van der Waals surface area contributed by atoms with Gasteiger partial charge in [0, 0.05) is 87.3 Å². The maximum Gasteiger partial charge on any atom is 0.293 e. The molecule has 16 heteroatoms. The van der Waals surface area contributed by atoms with Crippen molar-refractivity contribution in [2.45, 2.75) is 107 Å². The van der Waals surface area contributed by atoms with Gasteiger partial charge < -0.3 is 25.0 Å². The largest absolute Gasteiger partial charge is 0.455 e. The summed E-state index contributed by atoms with van der Waals surface area (Å²) in [5.41, 5.74) is 5.00. The summed E-state index contributed by atoms with van der Waals surface area (Å²) < 4.78 is 36.2. The van der Waals surface area contributed by atoms with Crippen LogP contribution in [0.3, 0.4) is 0 Å². The number of nitro groups is 1. The van der Waals surface area contributed by atoms with E-state index < -0.39 is 37.0 Å². The zero-order chi connectivity index (χ0) is 50.2. The van der Waals surface area contributed by atoms with Crippen molar-refractivity contribution >= 4 is 44.0 Å². The molecule has 2 aromatic heterocycles. The molecule has 10 rings (SSSR count). The molecule has 0 bridgehead atoms. The number of anilines is 2. The number of aliphatic hydroxyl groups is 1. The van der Waals surface area contributed by atoms with Crippen LogP contribution in [0.4, 0.5) is 17.1 Å². The summed E-state index contributed by atoms with van der Waals surface area (Å²) in [7, 11) is -4.58. The number of benzene rings is 4. The highest BCUT2D eigenvalue weighted by molar-refractivity contribution is 7.90. The molecule has 1 amide bonds. The minimum Gasteiger partial charge on any atom is -0.455 e. The number of aromatic nitrogens is 2. The average molecular weight is 995 g/mol. The van der Waals surface area contributed by atoms with E-state index in [9.17, 15) is 28.4 Å². The van der Waals surface area contributed by atoms with Gasteiger partial charge >= 0.3 is 0 Å². The van der Waals surface area contributed by atoms with E-state index in [4.69, 9.17) is 4.74 Å². The van der Waals surface area contributed by atoms with Gasteiger partial charge in [0.05, 0.1) is 27.2 Å². The molecular formula is C56H66N8O7S. The van der Waals surface area contributed by atoms with Gasteiger partial charge in [-0.1, -0.05) is 68.4 Å². The van der Waals surface area contributed by atoms with Crippen molar-refractivity contribution in [1.82, 2.24) is 24.5 Å². The Morgan fingerprint density at radius 3 is 2.43 bits per heavy atom. The second kappa shape index (κ2) is 20.3. The Hall–Kier alpha value is -6.33. The third kappa shape index (κ3) is 10.7. The van der Waals surface area contributed by atoms with E-state index in [0.717, 1.165) is 94.9 Å². The van der Waals surface area contributed by atoms with Crippen LogP contribution in [0.1, 0.15) is 111 Å². The fourth-order valence-electron chi connectivity index (χ4n) is 11.8. The number of nitrogens with zero attached hydrogens (tertiary/aromatic N) is 5. The van der Waals surface area contributed by atoms with Crippen LogP contribution in [0.5, 0.6) is 11.5 Å². The number of pyridine rings is 1. The predicted octanol–water partition coefficient (Wildman–Crippen LogP) is 10.2. The standard InChI is InChI=1S/C56H66N8O7S/c1-38(2)46-11-7-8-12-47(46)51-37-61(36-40-9-5-4-6-10-40)27-28-63(51)43-32-56(33-43)22-25-62(26-23-56)42-13-15-48(52(30-42)71-44-29-41-19-24-57-53(41)59-35-44)54(65)60-72(69,70)45-14-16-49(50(31-45)64(67)68)58-34-39-17-20-55(3,66)21-18-39/h4-16,19,24,29-31,35,38-39,43,51,58,66H,17-18,20-23,25-28,32-34,36-37H2,1-3H3,(H,57,59)(H,60,65). The number of nitro benzene ring substituents is 1. The van der Waals surface area contributed by atoms with Crippen LogP contribution in [-0.4, -0.2) is 95.0 Å². The Labute approximate surface area is 422 Å². The van der Waals surface area contributed by atoms with E-state index in [-0.39, 0.29) is 28.3 Å². The number of piperidine rings is 1. The molecule has 6 aromatic rings. The number of piperazine rings is 1. The second-order valence-electron chi connectivity index (χ2n) is 21.4. The van der Waals surface area contributed by atoms with Gasteiger partial charge in [0.25, 0.3) is 21.6 Å². The first-order chi connectivity index (χ1) is 34.6. The quantitative estimate of drug-likeness (QED) is 0.0564. The molecular weight excluding hydrogens is 929 g/mol. The van der Waals surface area contributed by atoms with Crippen LogP contribution in [0, 0.1) is 21.4 Å². The molecule has 378 valence electrons. The minimum atomic E-state index is -4.58. The highest BCUT2D eigenvalue weighted by atomic mass is 32.2. The molecule has 15 nitrogen and oxygen atoms in total. The van der Waals surface area contributed by atoms with Crippen molar-refractivity contribution in [3.05, 3.63) is 148 Å². The van der Waals surface area contributed by atoms with Gasteiger partial charge in [-0.15, -0.1) is 0 Å². The smallest absolute Gasteiger partial charge is 0.293 e. The zero-order valence-corrected chi connectivity index (χ0v) is 42.2. The van der Waals surface area contributed by atoms with E-state index >= 15 is 0 Å². The normalized spacial score (nSPS) is 21.9. The molecule has 1 unspecified atom stereocenters. The van der Waals surface area contributed by atoms with Gasteiger partial charge in [-0.25, -0.2) is 18.1 Å². The van der Waals surface area contributed by atoms with Gasteiger partial charge in [0.2, 0.25) is 0 Å². The number of carbonyl (C=O) groups excluding carboxylic acids is 1. The van der Waals surface area contributed by atoms with Crippen LogP contribution in [0.25, 0.3) is 11.0 Å². The number of aromatic amines is 1. The summed E-state index contributed by atoms with van der Waals surface area (Å²) in [4.78, 5) is 40.5. The Bertz CT molecular complexity index is 3030. The van der Waals surface area contributed by atoms with E-state index in [1.165, 1.54) is 28.8 Å². The van der Waals surface area contributed by atoms with Crippen molar-refractivity contribution in [3.63, 3.8) is 0 Å². The SMILES string of the molecule is CC(C)c1ccccc1C1CN(Cc2ccccc2)CCN1C1CC2(CCN(c3ccc(C(=O)NS(=O)(=O)c4ccc(NCC5CCC(C)(O)CC5)c([N+](=O)[O-])c4)c(Oc4cnc5[nH]ccc5c4)c3)CC2)C1. The number of fused-ring (bicyclic) bond motifs is 1. The lowest BCUT2D eigenvalue weighted by molar-refractivity contribution is -0.384. The average Bonchev–Trinajstić information content (AvgIpc) is 3.84. The first kappa shape index (κ1) is 49.3.